The first-order chi connectivity index (χ1) is 17.2. The molecule has 0 saturated heterocycles. The highest BCUT2D eigenvalue weighted by molar-refractivity contribution is 4.84. The van der Waals surface area contributed by atoms with Crippen LogP contribution >= 0.6 is 0 Å². The summed E-state index contributed by atoms with van der Waals surface area (Å²) in [6.45, 7) is 6.92. The van der Waals surface area contributed by atoms with Gasteiger partial charge in [-0.3, -0.25) is 0 Å². The second-order valence-corrected chi connectivity index (χ2v) is 12.1. The molecule has 220 valence electrons. The first-order valence-corrected chi connectivity index (χ1v) is 17.0. The van der Waals surface area contributed by atoms with Gasteiger partial charge in [-0.1, -0.05) is 194 Å². The van der Waals surface area contributed by atoms with Crippen LogP contribution in [-0.2, 0) is 0 Å². The Bertz CT molecular complexity index is 328. The summed E-state index contributed by atoms with van der Waals surface area (Å²) in [5.74, 6) is 0. The van der Waals surface area contributed by atoms with E-state index in [-0.39, 0.29) is 11.0 Å². The highest BCUT2D eigenvalue weighted by Crippen LogP contribution is 2.27. The molecular formula is C34H73NO. The molecule has 0 atom stereocenters. The molecular weight excluding hydrogens is 438 g/mol. The van der Waals surface area contributed by atoms with Gasteiger partial charge in [-0.2, -0.15) is 0 Å². The topological polar surface area (TPSA) is 57.5 Å². The Labute approximate surface area is 230 Å². The average molecular weight is 512 g/mol. The van der Waals surface area contributed by atoms with Crippen molar-refractivity contribution in [1.82, 2.24) is 0 Å². The Balaban J connectivity index is 0. The molecule has 0 spiro atoms. The quantitative estimate of drug-likeness (QED) is 0.0957. The van der Waals surface area contributed by atoms with Gasteiger partial charge in [0.1, 0.15) is 0 Å². The normalized spacial score (nSPS) is 11.7. The fraction of sp³-hybridized carbons (Fsp3) is 1.00. The number of unbranched alkanes of at least 4 members (excludes halogenated alkanes) is 24. The molecule has 0 aliphatic heterocycles. The lowest BCUT2D eigenvalue weighted by atomic mass is 9.82. The largest absolute Gasteiger partial charge is 0.412 e. The summed E-state index contributed by atoms with van der Waals surface area (Å²) in [5.41, 5.74) is 7.21. The smallest absolute Gasteiger partial charge is 0.0154 e. The van der Waals surface area contributed by atoms with E-state index in [0.717, 1.165) is 0 Å². The molecule has 0 unspecified atom stereocenters. The van der Waals surface area contributed by atoms with E-state index in [2.05, 4.69) is 20.8 Å². The zero-order valence-corrected chi connectivity index (χ0v) is 25.8. The molecule has 0 aliphatic rings. The summed E-state index contributed by atoms with van der Waals surface area (Å²) in [6, 6.07) is 0. The summed E-state index contributed by atoms with van der Waals surface area (Å²) in [5, 5.41) is 0. The Morgan fingerprint density at radius 1 is 0.306 bits per heavy atom. The number of hydrogen-bond acceptors (Lipinski definition) is 1. The molecule has 0 bridgehead atoms. The Morgan fingerprint density at radius 3 is 0.667 bits per heavy atom. The Kier molecular flexibility index (Phi) is 32.9. The van der Waals surface area contributed by atoms with Crippen molar-refractivity contribution in [3.8, 4) is 0 Å². The molecule has 0 aromatic heterocycles. The molecule has 0 aromatic carbocycles. The second kappa shape index (κ2) is 31.1. The summed E-state index contributed by atoms with van der Waals surface area (Å²) in [4.78, 5) is 0. The minimum absolute atomic E-state index is 0. The van der Waals surface area contributed by atoms with Gasteiger partial charge >= 0.3 is 0 Å². The third-order valence-corrected chi connectivity index (χ3v) is 8.33. The third kappa shape index (κ3) is 28.5. The van der Waals surface area contributed by atoms with Gasteiger partial charge in [-0.15, -0.1) is 0 Å². The molecule has 0 radical (unpaired) electrons. The SMILES string of the molecule is CCCCCCCCCCCC(N)(CCCCCCCCCCC)CCCCCCCCCCC.O. The summed E-state index contributed by atoms with van der Waals surface area (Å²) in [7, 11) is 0. The standard InChI is InChI=1S/C34H71N.H2O/c1-4-7-10-13-16-19-22-25-28-31-34(35,32-29-26-23-20-17-14-11-8-5-2)33-30-27-24-21-18-15-12-9-6-3;/h4-33,35H2,1-3H3;1H2. The van der Waals surface area contributed by atoms with Crippen LogP contribution in [-0.4, -0.2) is 11.0 Å². The molecule has 0 aromatic rings. The van der Waals surface area contributed by atoms with Crippen molar-refractivity contribution in [2.24, 2.45) is 5.73 Å². The van der Waals surface area contributed by atoms with E-state index in [9.17, 15) is 0 Å². The molecule has 0 saturated carbocycles. The van der Waals surface area contributed by atoms with Crippen LogP contribution in [0.15, 0.2) is 0 Å². The highest BCUT2D eigenvalue weighted by atomic mass is 16.0. The van der Waals surface area contributed by atoms with E-state index < -0.39 is 0 Å². The summed E-state index contributed by atoms with van der Waals surface area (Å²) >= 11 is 0. The van der Waals surface area contributed by atoms with E-state index in [4.69, 9.17) is 5.73 Å². The van der Waals surface area contributed by atoms with Crippen LogP contribution in [0.3, 0.4) is 0 Å². The lowest BCUT2D eigenvalue weighted by Crippen LogP contribution is -2.39. The van der Waals surface area contributed by atoms with Crippen molar-refractivity contribution in [2.45, 2.75) is 219 Å². The monoisotopic (exact) mass is 512 g/mol. The van der Waals surface area contributed by atoms with Crippen LogP contribution in [0.1, 0.15) is 213 Å². The first-order valence-electron chi connectivity index (χ1n) is 17.0. The van der Waals surface area contributed by atoms with Gasteiger partial charge < -0.3 is 11.2 Å². The van der Waals surface area contributed by atoms with Crippen molar-refractivity contribution in [1.29, 1.82) is 0 Å². The predicted octanol–water partition coefficient (Wildman–Crippen LogP) is 11.6. The zero-order valence-electron chi connectivity index (χ0n) is 25.8. The van der Waals surface area contributed by atoms with Crippen LogP contribution in [0.25, 0.3) is 0 Å². The van der Waals surface area contributed by atoms with E-state index in [1.54, 1.807) is 0 Å². The zero-order chi connectivity index (χ0) is 25.7. The predicted molar refractivity (Wildman–Crippen MR) is 166 cm³/mol. The molecule has 0 heterocycles. The molecule has 0 rings (SSSR count). The van der Waals surface area contributed by atoms with Gasteiger partial charge in [-0.25, -0.2) is 0 Å². The van der Waals surface area contributed by atoms with Crippen LogP contribution in [0, 0.1) is 0 Å². The molecule has 0 fully saturated rings. The maximum Gasteiger partial charge on any atom is 0.0154 e. The molecule has 36 heavy (non-hydrogen) atoms. The van der Waals surface area contributed by atoms with Gasteiger partial charge in [0.05, 0.1) is 0 Å². The van der Waals surface area contributed by atoms with Crippen molar-refractivity contribution in [2.75, 3.05) is 0 Å². The molecule has 0 aliphatic carbocycles. The Hall–Kier alpha value is -0.0800. The average Bonchev–Trinajstić information content (AvgIpc) is 2.86. The van der Waals surface area contributed by atoms with Crippen LogP contribution < -0.4 is 5.73 Å². The highest BCUT2D eigenvalue weighted by Gasteiger charge is 2.23. The molecule has 4 N–H and O–H groups in total. The van der Waals surface area contributed by atoms with E-state index in [0.29, 0.717) is 0 Å². The fourth-order valence-electron chi connectivity index (χ4n) is 5.74. The maximum atomic E-state index is 7.09. The van der Waals surface area contributed by atoms with Gasteiger partial charge in [0, 0.05) is 5.54 Å². The van der Waals surface area contributed by atoms with Crippen LogP contribution in [0.2, 0.25) is 0 Å². The summed E-state index contributed by atoms with van der Waals surface area (Å²) < 4.78 is 0. The second-order valence-electron chi connectivity index (χ2n) is 12.1. The van der Waals surface area contributed by atoms with E-state index in [1.165, 1.54) is 193 Å². The molecule has 0 amide bonds. The van der Waals surface area contributed by atoms with Crippen LogP contribution in [0.4, 0.5) is 0 Å². The van der Waals surface area contributed by atoms with Gasteiger partial charge in [-0.05, 0) is 19.3 Å². The minimum Gasteiger partial charge on any atom is -0.412 e. The van der Waals surface area contributed by atoms with Crippen molar-refractivity contribution in [3.63, 3.8) is 0 Å². The maximum absolute atomic E-state index is 7.09. The van der Waals surface area contributed by atoms with Gasteiger partial charge in [0.15, 0.2) is 0 Å². The molecule has 2 heteroatoms. The number of rotatable bonds is 30. The van der Waals surface area contributed by atoms with Crippen molar-refractivity contribution in [3.05, 3.63) is 0 Å². The third-order valence-electron chi connectivity index (χ3n) is 8.33. The number of hydrogen-bond donors (Lipinski definition) is 1. The Morgan fingerprint density at radius 2 is 0.472 bits per heavy atom. The van der Waals surface area contributed by atoms with E-state index >= 15 is 0 Å². The lowest BCUT2D eigenvalue weighted by molar-refractivity contribution is 0.302. The van der Waals surface area contributed by atoms with Gasteiger partial charge in [0.2, 0.25) is 0 Å². The fourth-order valence-corrected chi connectivity index (χ4v) is 5.74. The molecule has 2 nitrogen and oxygen atoms in total. The number of nitrogens with two attached hydrogens (primary N) is 1. The van der Waals surface area contributed by atoms with E-state index in [1.807, 2.05) is 0 Å². The van der Waals surface area contributed by atoms with Gasteiger partial charge in [0.25, 0.3) is 0 Å². The van der Waals surface area contributed by atoms with Crippen LogP contribution in [0.5, 0.6) is 0 Å². The van der Waals surface area contributed by atoms with Crippen molar-refractivity contribution < 1.29 is 5.48 Å². The first kappa shape index (κ1) is 38.1. The lowest BCUT2D eigenvalue weighted by Gasteiger charge is -2.30. The minimum atomic E-state index is 0. The van der Waals surface area contributed by atoms with Crippen molar-refractivity contribution >= 4 is 0 Å². The summed E-state index contributed by atoms with van der Waals surface area (Å²) in [6.07, 6.45) is 42.1.